The van der Waals surface area contributed by atoms with Gasteiger partial charge in [-0.2, -0.15) is 0 Å². The molecule has 0 spiro atoms. The number of nitrogens with zero attached hydrogens (tertiary/aromatic N) is 1. The Bertz CT molecular complexity index is 1280. The minimum Gasteiger partial charge on any atom is -0.489 e. The van der Waals surface area contributed by atoms with Crippen molar-refractivity contribution in [2.45, 2.75) is 6.61 Å². The summed E-state index contributed by atoms with van der Waals surface area (Å²) in [5.74, 6) is -1.50. The van der Waals surface area contributed by atoms with E-state index in [0.29, 0.717) is 16.9 Å². The van der Waals surface area contributed by atoms with E-state index in [4.69, 9.17) is 4.74 Å². The fourth-order valence-corrected chi connectivity index (χ4v) is 3.99. The molecule has 0 unspecified atom stereocenters. The first-order valence-corrected chi connectivity index (χ1v) is 11.0. The molecule has 172 valence electrons. The number of imide groups is 1. The third-order valence-corrected chi connectivity index (χ3v) is 5.66. The molecule has 9 heteroatoms. The van der Waals surface area contributed by atoms with Crippen LogP contribution in [0.15, 0.2) is 77.7 Å². The summed E-state index contributed by atoms with van der Waals surface area (Å²) < 4.78 is 32.2. The van der Waals surface area contributed by atoms with Crippen LogP contribution in [0.2, 0.25) is 0 Å². The van der Waals surface area contributed by atoms with Gasteiger partial charge in [0.15, 0.2) is 0 Å². The van der Waals surface area contributed by atoms with Crippen molar-refractivity contribution in [3.05, 3.63) is 100 Å². The number of ether oxygens (including phenoxy) is 1. The Labute approximate surface area is 198 Å². The van der Waals surface area contributed by atoms with Gasteiger partial charge in [0.2, 0.25) is 5.91 Å². The van der Waals surface area contributed by atoms with Crippen LogP contribution in [-0.2, 0) is 16.2 Å². The highest BCUT2D eigenvalue weighted by molar-refractivity contribution is 8.18. The summed E-state index contributed by atoms with van der Waals surface area (Å²) in [6.07, 6.45) is 1.55. The highest BCUT2D eigenvalue weighted by atomic mass is 32.2. The lowest BCUT2D eigenvalue weighted by Crippen LogP contribution is -2.36. The molecule has 4 rings (SSSR count). The van der Waals surface area contributed by atoms with E-state index in [0.717, 1.165) is 22.7 Å². The summed E-state index contributed by atoms with van der Waals surface area (Å²) in [7, 11) is 0. The Morgan fingerprint density at radius 1 is 0.971 bits per heavy atom. The number of benzene rings is 3. The van der Waals surface area contributed by atoms with Gasteiger partial charge in [-0.1, -0.05) is 30.3 Å². The number of carbonyl (C=O) groups is 3. The molecule has 1 saturated heterocycles. The highest BCUT2D eigenvalue weighted by Gasteiger charge is 2.36. The Hall–Kier alpha value is -3.98. The summed E-state index contributed by atoms with van der Waals surface area (Å²) >= 11 is 0.732. The summed E-state index contributed by atoms with van der Waals surface area (Å²) in [4.78, 5) is 38.1. The molecule has 1 aliphatic rings. The molecule has 0 aromatic heterocycles. The fraction of sp³-hybridized carbons (Fsp3) is 0.0800. The van der Waals surface area contributed by atoms with E-state index in [1.54, 1.807) is 42.5 Å². The van der Waals surface area contributed by atoms with Crippen LogP contribution >= 0.6 is 11.8 Å². The van der Waals surface area contributed by atoms with Crippen LogP contribution in [0.1, 0.15) is 11.1 Å². The number of hydrogen-bond acceptors (Lipinski definition) is 5. The van der Waals surface area contributed by atoms with Crippen molar-refractivity contribution in [1.29, 1.82) is 0 Å². The van der Waals surface area contributed by atoms with Crippen LogP contribution in [0.5, 0.6) is 5.75 Å². The van der Waals surface area contributed by atoms with Gasteiger partial charge in [-0.05, 0) is 71.4 Å². The van der Waals surface area contributed by atoms with Gasteiger partial charge >= 0.3 is 0 Å². The molecule has 34 heavy (non-hydrogen) atoms. The normalized spacial score (nSPS) is 14.5. The van der Waals surface area contributed by atoms with Crippen LogP contribution in [0.4, 0.5) is 19.3 Å². The molecule has 1 aliphatic heterocycles. The third-order valence-electron chi connectivity index (χ3n) is 4.76. The zero-order valence-corrected chi connectivity index (χ0v) is 18.5. The maximum atomic E-state index is 13.3. The second kappa shape index (κ2) is 10.3. The molecular weight excluding hydrogens is 462 g/mol. The SMILES string of the molecule is O=C(CN1C(=O)S/C(=C/c2ccc(OCc3cccc(F)c3)cc2)C1=O)Nc1cccc(F)c1. The maximum Gasteiger partial charge on any atom is 0.294 e. The second-order valence-corrected chi connectivity index (χ2v) is 8.31. The van der Waals surface area contributed by atoms with Crippen molar-refractivity contribution in [3.63, 3.8) is 0 Å². The molecule has 3 amide bonds. The summed E-state index contributed by atoms with van der Waals surface area (Å²) in [5, 5.41) is 1.89. The number of halogens is 2. The minimum absolute atomic E-state index is 0.178. The molecule has 6 nitrogen and oxygen atoms in total. The van der Waals surface area contributed by atoms with Crippen LogP contribution in [0.25, 0.3) is 6.08 Å². The third kappa shape index (κ3) is 5.87. The van der Waals surface area contributed by atoms with Crippen LogP contribution < -0.4 is 10.1 Å². The molecular formula is C25H18F2N2O4S. The molecule has 3 aromatic rings. The van der Waals surface area contributed by atoms with Gasteiger partial charge in [0, 0.05) is 5.69 Å². The smallest absolute Gasteiger partial charge is 0.294 e. The summed E-state index contributed by atoms with van der Waals surface area (Å²) in [5.41, 5.74) is 1.58. The van der Waals surface area contributed by atoms with E-state index >= 15 is 0 Å². The van der Waals surface area contributed by atoms with E-state index in [1.165, 1.54) is 30.3 Å². The zero-order valence-electron chi connectivity index (χ0n) is 17.7. The number of carbonyl (C=O) groups excluding carboxylic acids is 3. The van der Waals surface area contributed by atoms with E-state index in [1.807, 2.05) is 0 Å². The first kappa shape index (κ1) is 23.2. The number of amides is 3. The molecule has 3 aromatic carbocycles. The Morgan fingerprint density at radius 3 is 2.38 bits per heavy atom. The average molecular weight is 480 g/mol. The predicted molar refractivity (Wildman–Crippen MR) is 125 cm³/mol. The summed E-state index contributed by atoms with van der Waals surface area (Å²) in [6, 6.07) is 18.2. The van der Waals surface area contributed by atoms with E-state index in [-0.39, 0.29) is 23.0 Å². The molecule has 1 N–H and O–H groups in total. The van der Waals surface area contributed by atoms with Gasteiger partial charge in [-0.25, -0.2) is 8.78 Å². The minimum atomic E-state index is -0.617. The quantitative estimate of drug-likeness (QED) is 0.470. The lowest BCUT2D eigenvalue weighted by molar-refractivity contribution is -0.127. The van der Waals surface area contributed by atoms with Crippen molar-refractivity contribution in [2.75, 3.05) is 11.9 Å². The van der Waals surface area contributed by atoms with Gasteiger partial charge in [0.25, 0.3) is 11.1 Å². The van der Waals surface area contributed by atoms with Gasteiger partial charge in [-0.15, -0.1) is 0 Å². The van der Waals surface area contributed by atoms with Crippen molar-refractivity contribution >= 4 is 40.6 Å². The van der Waals surface area contributed by atoms with Crippen molar-refractivity contribution < 1.29 is 27.9 Å². The molecule has 0 bridgehead atoms. The highest BCUT2D eigenvalue weighted by Crippen LogP contribution is 2.32. The Balaban J connectivity index is 1.36. The molecule has 0 saturated carbocycles. The van der Waals surface area contributed by atoms with Crippen molar-refractivity contribution in [1.82, 2.24) is 4.90 Å². The van der Waals surface area contributed by atoms with Gasteiger partial charge in [0.05, 0.1) is 4.91 Å². The largest absolute Gasteiger partial charge is 0.489 e. The number of hydrogen-bond donors (Lipinski definition) is 1. The Morgan fingerprint density at radius 2 is 1.68 bits per heavy atom. The number of rotatable bonds is 7. The molecule has 0 atom stereocenters. The molecule has 0 radical (unpaired) electrons. The first-order chi connectivity index (χ1) is 16.4. The van der Waals surface area contributed by atoms with E-state index < -0.39 is 29.4 Å². The molecule has 1 fully saturated rings. The number of thioether (sulfide) groups is 1. The molecule has 0 aliphatic carbocycles. The lowest BCUT2D eigenvalue weighted by atomic mass is 10.2. The van der Waals surface area contributed by atoms with Crippen LogP contribution in [0.3, 0.4) is 0 Å². The van der Waals surface area contributed by atoms with Crippen molar-refractivity contribution in [2.24, 2.45) is 0 Å². The maximum absolute atomic E-state index is 13.3. The van der Waals surface area contributed by atoms with Crippen LogP contribution in [0, 0.1) is 11.6 Å². The molecule has 1 heterocycles. The topological polar surface area (TPSA) is 75.7 Å². The van der Waals surface area contributed by atoms with Gasteiger partial charge in [-0.3, -0.25) is 19.3 Å². The van der Waals surface area contributed by atoms with E-state index in [2.05, 4.69) is 5.32 Å². The Kier molecular flexibility index (Phi) is 7.03. The lowest BCUT2D eigenvalue weighted by Gasteiger charge is -2.12. The van der Waals surface area contributed by atoms with E-state index in [9.17, 15) is 23.2 Å². The predicted octanol–water partition coefficient (Wildman–Crippen LogP) is 5.22. The average Bonchev–Trinajstić information content (AvgIpc) is 3.06. The van der Waals surface area contributed by atoms with Gasteiger partial charge < -0.3 is 10.1 Å². The van der Waals surface area contributed by atoms with Crippen molar-refractivity contribution in [3.8, 4) is 5.75 Å². The van der Waals surface area contributed by atoms with Gasteiger partial charge in [0.1, 0.15) is 30.5 Å². The zero-order chi connectivity index (χ0) is 24.1. The number of anilines is 1. The summed E-state index contributed by atoms with van der Waals surface area (Å²) in [6.45, 7) is -0.279. The monoisotopic (exact) mass is 480 g/mol. The fourth-order valence-electron chi connectivity index (χ4n) is 3.15. The standard InChI is InChI=1S/C25H18F2N2O4S/c26-18-4-1-3-17(11-18)15-33-21-9-7-16(8-10-21)12-22-24(31)29(25(32)34-22)14-23(30)28-20-6-2-5-19(27)13-20/h1-13H,14-15H2,(H,28,30)/b22-12+. The van der Waals surface area contributed by atoms with Crippen LogP contribution in [-0.4, -0.2) is 28.5 Å². The second-order valence-electron chi connectivity index (χ2n) is 7.31. The first-order valence-electron chi connectivity index (χ1n) is 10.2. The number of nitrogens with one attached hydrogen (secondary N) is 1.